The summed E-state index contributed by atoms with van der Waals surface area (Å²) in [5.74, 6) is -0.172. The third-order valence-electron chi connectivity index (χ3n) is 3.55. The SMILES string of the molecule is COC(=O)CCCN1CCCC(C)(C)[C@H]1C#N. The van der Waals surface area contributed by atoms with Crippen LogP contribution in [-0.4, -0.2) is 37.1 Å². The first kappa shape index (κ1) is 14.0. The number of rotatable bonds is 4. The molecule has 0 amide bonds. The van der Waals surface area contributed by atoms with Crippen molar-refractivity contribution in [3.05, 3.63) is 0 Å². The highest BCUT2D eigenvalue weighted by molar-refractivity contribution is 5.69. The molecule has 17 heavy (non-hydrogen) atoms. The number of nitriles is 1. The maximum absolute atomic E-state index is 11.0. The molecule has 1 aliphatic rings. The molecule has 1 heterocycles. The van der Waals surface area contributed by atoms with Crippen LogP contribution in [0.5, 0.6) is 0 Å². The molecule has 0 bridgehead atoms. The highest BCUT2D eigenvalue weighted by Gasteiger charge is 2.37. The summed E-state index contributed by atoms with van der Waals surface area (Å²) in [5.41, 5.74) is 0.0538. The number of carbonyl (C=O) groups excluding carboxylic acids is 1. The van der Waals surface area contributed by atoms with E-state index in [4.69, 9.17) is 0 Å². The summed E-state index contributed by atoms with van der Waals surface area (Å²) in [6.07, 6.45) is 3.43. The van der Waals surface area contributed by atoms with Gasteiger partial charge in [-0.05, 0) is 37.8 Å². The van der Waals surface area contributed by atoms with E-state index in [1.54, 1.807) is 0 Å². The van der Waals surface area contributed by atoms with E-state index in [1.165, 1.54) is 7.11 Å². The van der Waals surface area contributed by atoms with Gasteiger partial charge in [-0.25, -0.2) is 0 Å². The van der Waals surface area contributed by atoms with Crippen LogP contribution in [0.2, 0.25) is 0 Å². The second-order valence-electron chi connectivity index (χ2n) is 5.34. The minimum atomic E-state index is -0.172. The summed E-state index contributed by atoms with van der Waals surface area (Å²) >= 11 is 0. The van der Waals surface area contributed by atoms with Crippen LogP contribution in [0.3, 0.4) is 0 Å². The zero-order valence-corrected chi connectivity index (χ0v) is 11.0. The molecule has 0 spiro atoms. The Hall–Kier alpha value is -1.08. The summed E-state index contributed by atoms with van der Waals surface area (Å²) in [6.45, 7) is 6.06. The smallest absolute Gasteiger partial charge is 0.305 e. The molecule has 1 saturated heterocycles. The normalized spacial score (nSPS) is 24.0. The third-order valence-corrected chi connectivity index (χ3v) is 3.55. The van der Waals surface area contributed by atoms with Crippen molar-refractivity contribution in [2.45, 2.75) is 45.6 Å². The Labute approximate surface area is 104 Å². The summed E-state index contributed by atoms with van der Waals surface area (Å²) in [6, 6.07) is 2.37. The number of hydrogen-bond donors (Lipinski definition) is 0. The first-order valence-electron chi connectivity index (χ1n) is 6.22. The van der Waals surface area contributed by atoms with Crippen LogP contribution < -0.4 is 0 Å². The maximum atomic E-state index is 11.0. The van der Waals surface area contributed by atoms with Gasteiger partial charge >= 0.3 is 5.97 Å². The first-order chi connectivity index (χ1) is 8.01. The van der Waals surface area contributed by atoms with Gasteiger partial charge in [-0.2, -0.15) is 5.26 Å². The molecule has 0 saturated carbocycles. The number of esters is 1. The largest absolute Gasteiger partial charge is 0.469 e. The van der Waals surface area contributed by atoms with Crippen LogP contribution in [0.1, 0.15) is 39.5 Å². The Morgan fingerprint density at radius 3 is 2.88 bits per heavy atom. The van der Waals surface area contributed by atoms with Gasteiger partial charge in [0.15, 0.2) is 0 Å². The first-order valence-corrected chi connectivity index (χ1v) is 6.22. The average molecular weight is 238 g/mol. The van der Waals surface area contributed by atoms with Crippen LogP contribution >= 0.6 is 0 Å². The van der Waals surface area contributed by atoms with Gasteiger partial charge in [-0.3, -0.25) is 9.69 Å². The Balaban J connectivity index is 2.47. The molecule has 1 aliphatic heterocycles. The van der Waals surface area contributed by atoms with Gasteiger partial charge in [-0.1, -0.05) is 13.8 Å². The highest BCUT2D eigenvalue weighted by Crippen LogP contribution is 2.34. The molecule has 4 nitrogen and oxygen atoms in total. The van der Waals surface area contributed by atoms with Gasteiger partial charge < -0.3 is 4.74 Å². The molecular weight excluding hydrogens is 216 g/mol. The molecule has 1 atom stereocenters. The average Bonchev–Trinajstić information content (AvgIpc) is 2.28. The molecule has 0 aliphatic carbocycles. The van der Waals surface area contributed by atoms with Crippen molar-refractivity contribution in [3.63, 3.8) is 0 Å². The molecule has 1 fully saturated rings. The van der Waals surface area contributed by atoms with E-state index in [-0.39, 0.29) is 17.4 Å². The van der Waals surface area contributed by atoms with Crippen LogP contribution in [0.25, 0.3) is 0 Å². The number of ether oxygens (including phenoxy) is 1. The van der Waals surface area contributed by atoms with E-state index in [0.29, 0.717) is 6.42 Å². The Bertz CT molecular complexity index is 307. The lowest BCUT2D eigenvalue weighted by molar-refractivity contribution is -0.140. The summed E-state index contributed by atoms with van der Waals surface area (Å²) in [7, 11) is 1.41. The van der Waals surface area contributed by atoms with E-state index >= 15 is 0 Å². The Kier molecular flexibility index (Phi) is 4.95. The third kappa shape index (κ3) is 3.71. The fourth-order valence-electron chi connectivity index (χ4n) is 2.52. The van der Waals surface area contributed by atoms with Crippen LogP contribution in [-0.2, 0) is 9.53 Å². The van der Waals surface area contributed by atoms with E-state index in [2.05, 4.69) is 29.6 Å². The van der Waals surface area contributed by atoms with Gasteiger partial charge in [0.2, 0.25) is 0 Å². The number of piperidine rings is 1. The lowest BCUT2D eigenvalue weighted by Crippen LogP contribution is -2.49. The molecule has 96 valence electrons. The molecule has 1 rings (SSSR count). The summed E-state index contributed by atoms with van der Waals surface area (Å²) in [4.78, 5) is 13.2. The molecule has 0 N–H and O–H groups in total. The van der Waals surface area contributed by atoms with E-state index in [1.807, 2.05) is 0 Å². The second kappa shape index (κ2) is 6.02. The fourth-order valence-corrected chi connectivity index (χ4v) is 2.52. The van der Waals surface area contributed by atoms with Crippen molar-refractivity contribution < 1.29 is 9.53 Å². The lowest BCUT2D eigenvalue weighted by Gasteiger charge is -2.42. The Morgan fingerprint density at radius 1 is 1.59 bits per heavy atom. The Morgan fingerprint density at radius 2 is 2.29 bits per heavy atom. The van der Waals surface area contributed by atoms with Gasteiger partial charge in [0.05, 0.1) is 13.2 Å². The summed E-state index contributed by atoms with van der Waals surface area (Å²) < 4.78 is 4.61. The van der Waals surface area contributed by atoms with Crippen molar-refractivity contribution in [1.82, 2.24) is 4.90 Å². The number of likely N-dealkylation sites (tertiary alicyclic amines) is 1. The number of methoxy groups -OCH3 is 1. The minimum absolute atomic E-state index is 0.0334. The number of nitrogens with zero attached hydrogens (tertiary/aromatic N) is 2. The minimum Gasteiger partial charge on any atom is -0.469 e. The zero-order valence-electron chi connectivity index (χ0n) is 11.0. The predicted molar refractivity (Wildman–Crippen MR) is 65.2 cm³/mol. The number of carbonyl (C=O) groups is 1. The quantitative estimate of drug-likeness (QED) is 0.702. The topological polar surface area (TPSA) is 53.3 Å². The number of hydrogen-bond acceptors (Lipinski definition) is 4. The van der Waals surface area contributed by atoms with E-state index in [9.17, 15) is 10.1 Å². The van der Waals surface area contributed by atoms with Gasteiger partial charge in [0.25, 0.3) is 0 Å². The fraction of sp³-hybridized carbons (Fsp3) is 0.846. The van der Waals surface area contributed by atoms with Crippen molar-refractivity contribution in [1.29, 1.82) is 5.26 Å². The van der Waals surface area contributed by atoms with Crippen LogP contribution in [0.4, 0.5) is 0 Å². The van der Waals surface area contributed by atoms with Crippen molar-refractivity contribution >= 4 is 5.97 Å². The zero-order chi connectivity index (χ0) is 12.9. The van der Waals surface area contributed by atoms with E-state index in [0.717, 1.165) is 32.4 Å². The maximum Gasteiger partial charge on any atom is 0.305 e. The molecule has 4 heteroatoms. The van der Waals surface area contributed by atoms with Gasteiger partial charge in [0, 0.05) is 6.42 Å². The predicted octanol–water partition coefficient (Wildman–Crippen LogP) is 1.95. The van der Waals surface area contributed by atoms with Gasteiger partial charge in [-0.15, -0.1) is 0 Å². The highest BCUT2D eigenvalue weighted by atomic mass is 16.5. The molecule has 0 unspecified atom stereocenters. The van der Waals surface area contributed by atoms with Crippen LogP contribution in [0.15, 0.2) is 0 Å². The molecule has 0 aromatic carbocycles. The van der Waals surface area contributed by atoms with Crippen molar-refractivity contribution in [2.24, 2.45) is 5.41 Å². The van der Waals surface area contributed by atoms with Crippen molar-refractivity contribution in [2.75, 3.05) is 20.2 Å². The standard InChI is InChI=1S/C13H22N2O2/c1-13(2)7-5-9-15(11(13)10-14)8-4-6-12(16)17-3/h11H,4-9H2,1-3H3/t11-/m1/s1. The monoisotopic (exact) mass is 238 g/mol. The molecule has 0 aromatic heterocycles. The van der Waals surface area contributed by atoms with Gasteiger partial charge in [0.1, 0.15) is 6.04 Å². The van der Waals surface area contributed by atoms with E-state index < -0.39 is 0 Å². The summed E-state index contributed by atoms with van der Waals surface area (Å²) in [5, 5.41) is 9.27. The molecule has 0 radical (unpaired) electrons. The van der Waals surface area contributed by atoms with Crippen LogP contribution in [0, 0.1) is 16.7 Å². The lowest BCUT2D eigenvalue weighted by atomic mass is 9.77. The molecule has 0 aromatic rings. The van der Waals surface area contributed by atoms with Crippen molar-refractivity contribution in [3.8, 4) is 6.07 Å². The second-order valence-corrected chi connectivity index (χ2v) is 5.34. The molecular formula is C13H22N2O2.